The van der Waals surface area contributed by atoms with Crippen molar-refractivity contribution in [3.8, 4) is 5.69 Å². The Bertz CT molecular complexity index is 674. The van der Waals surface area contributed by atoms with E-state index >= 15 is 0 Å². The Kier molecular flexibility index (Phi) is 4.10. The maximum Gasteiger partial charge on any atom is 0.416 e. The number of rotatable bonds is 1. The summed E-state index contributed by atoms with van der Waals surface area (Å²) in [6.07, 6.45) is -4.43. The molecule has 0 N–H and O–H groups in total. The van der Waals surface area contributed by atoms with E-state index in [1.165, 1.54) is 10.6 Å². The number of benzene rings is 1. The molecular weight excluding hydrogens is 371 g/mol. The Morgan fingerprint density at radius 1 is 1.14 bits per heavy atom. The average molecular weight is 383 g/mol. The molecule has 114 valence electrons. The first-order valence-corrected chi connectivity index (χ1v) is 7.17. The van der Waals surface area contributed by atoms with Gasteiger partial charge in [0.1, 0.15) is 5.82 Å². The maximum atomic E-state index is 12.9. The number of aromatic nitrogens is 3. The molecule has 2 rings (SSSR count). The van der Waals surface area contributed by atoms with Crippen LogP contribution in [0.1, 0.15) is 32.2 Å². The first-order valence-electron chi connectivity index (χ1n) is 6.00. The molecule has 0 saturated carbocycles. The van der Waals surface area contributed by atoms with Crippen LogP contribution in [0.4, 0.5) is 13.2 Å². The van der Waals surface area contributed by atoms with Crippen LogP contribution in [0.25, 0.3) is 5.69 Å². The van der Waals surface area contributed by atoms with Gasteiger partial charge in [-0.1, -0.05) is 20.8 Å². The van der Waals surface area contributed by atoms with E-state index in [1.54, 1.807) is 0 Å². The molecule has 0 amide bonds. The van der Waals surface area contributed by atoms with Crippen LogP contribution in [-0.2, 0) is 11.6 Å². The van der Waals surface area contributed by atoms with Gasteiger partial charge in [-0.25, -0.2) is 0 Å². The van der Waals surface area contributed by atoms with Crippen LogP contribution in [0.2, 0.25) is 5.28 Å². The van der Waals surface area contributed by atoms with E-state index in [0.717, 1.165) is 12.1 Å². The molecule has 1 aromatic carbocycles. The van der Waals surface area contributed by atoms with E-state index in [1.807, 2.05) is 20.8 Å². The summed E-state index contributed by atoms with van der Waals surface area (Å²) in [6, 6.07) is 3.36. The first-order chi connectivity index (χ1) is 9.51. The molecule has 0 saturated heterocycles. The summed E-state index contributed by atoms with van der Waals surface area (Å²) in [4.78, 5) is 0. The number of nitrogens with zero attached hydrogens (tertiary/aromatic N) is 3. The van der Waals surface area contributed by atoms with Gasteiger partial charge < -0.3 is 0 Å². The highest BCUT2D eigenvalue weighted by Gasteiger charge is 2.32. The lowest BCUT2D eigenvalue weighted by Crippen LogP contribution is -2.19. The van der Waals surface area contributed by atoms with Crippen molar-refractivity contribution < 1.29 is 13.2 Å². The Morgan fingerprint density at radius 3 is 2.29 bits per heavy atom. The minimum absolute atomic E-state index is 0.0138. The Morgan fingerprint density at radius 2 is 1.76 bits per heavy atom. The van der Waals surface area contributed by atoms with Crippen LogP contribution < -0.4 is 0 Å². The summed E-state index contributed by atoms with van der Waals surface area (Å²) >= 11 is 9.26. The van der Waals surface area contributed by atoms with Crippen molar-refractivity contribution in [2.45, 2.75) is 32.4 Å². The van der Waals surface area contributed by atoms with Crippen molar-refractivity contribution >= 4 is 27.5 Å². The smallest absolute Gasteiger partial charge is 0.268 e. The highest BCUT2D eigenvalue weighted by Crippen LogP contribution is 2.35. The molecule has 0 fully saturated rings. The van der Waals surface area contributed by atoms with E-state index in [-0.39, 0.29) is 11.0 Å². The van der Waals surface area contributed by atoms with Crippen LogP contribution in [0.3, 0.4) is 0 Å². The van der Waals surface area contributed by atoms with E-state index in [2.05, 4.69) is 26.1 Å². The minimum Gasteiger partial charge on any atom is -0.268 e. The normalized spacial score (nSPS) is 12.8. The van der Waals surface area contributed by atoms with E-state index < -0.39 is 17.2 Å². The molecule has 0 radical (unpaired) electrons. The fraction of sp³-hybridized carbons (Fsp3) is 0.385. The summed E-state index contributed by atoms with van der Waals surface area (Å²) < 4.78 is 40.6. The quantitative estimate of drug-likeness (QED) is 0.695. The molecule has 1 heterocycles. The van der Waals surface area contributed by atoms with Crippen LogP contribution in [0, 0.1) is 0 Å². The Hall–Kier alpha value is -1.08. The molecule has 1 aromatic heterocycles. The highest BCUT2D eigenvalue weighted by molar-refractivity contribution is 9.10. The number of alkyl halides is 3. The average Bonchev–Trinajstić information content (AvgIpc) is 2.70. The van der Waals surface area contributed by atoms with E-state index in [4.69, 9.17) is 11.6 Å². The predicted octanol–water partition coefficient (Wildman–Crippen LogP) is 5.00. The lowest BCUT2D eigenvalue weighted by Gasteiger charge is -2.20. The van der Waals surface area contributed by atoms with Crippen LogP contribution in [0.5, 0.6) is 0 Å². The number of hydrogen-bond donors (Lipinski definition) is 0. The van der Waals surface area contributed by atoms with Crippen molar-refractivity contribution in [3.05, 3.63) is 39.3 Å². The number of hydrogen-bond acceptors (Lipinski definition) is 2. The van der Waals surface area contributed by atoms with Gasteiger partial charge in [0.2, 0.25) is 5.28 Å². The molecule has 0 unspecified atom stereocenters. The fourth-order valence-electron chi connectivity index (χ4n) is 1.82. The highest BCUT2D eigenvalue weighted by atomic mass is 79.9. The van der Waals surface area contributed by atoms with Crippen molar-refractivity contribution in [1.82, 2.24) is 14.8 Å². The van der Waals surface area contributed by atoms with Gasteiger partial charge in [-0.05, 0) is 45.7 Å². The van der Waals surface area contributed by atoms with Gasteiger partial charge in [0.05, 0.1) is 11.3 Å². The van der Waals surface area contributed by atoms with Gasteiger partial charge in [-0.15, -0.1) is 10.2 Å². The first kappa shape index (κ1) is 16.3. The molecule has 0 aliphatic heterocycles. The van der Waals surface area contributed by atoms with Gasteiger partial charge in [0, 0.05) is 9.89 Å². The monoisotopic (exact) mass is 381 g/mol. The Balaban J connectivity index is 2.71. The molecule has 3 nitrogen and oxygen atoms in total. The van der Waals surface area contributed by atoms with Gasteiger partial charge in [-0.2, -0.15) is 13.2 Å². The zero-order chi connectivity index (χ0) is 16.0. The molecule has 0 atom stereocenters. The van der Waals surface area contributed by atoms with Crippen molar-refractivity contribution in [2.24, 2.45) is 0 Å². The van der Waals surface area contributed by atoms with E-state index in [9.17, 15) is 13.2 Å². The second kappa shape index (κ2) is 5.28. The molecule has 8 heteroatoms. The van der Waals surface area contributed by atoms with Crippen molar-refractivity contribution in [3.63, 3.8) is 0 Å². The molecule has 0 aliphatic carbocycles. The van der Waals surface area contributed by atoms with Crippen LogP contribution in [-0.4, -0.2) is 14.8 Å². The summed E-state index contributed by atoms with van der Waals surface area (Å²) in [6.45, 7) is 5.64. The van der Waals surface area contributed by atoms with Crippen LogP contribution in [0.15, 0.2) is 22.7 Å². The second-order valence-electron chi connectivity index (χ2n) is 5.54. The maximum absolute atomic E-state index is 12.9. The summed E-state index contributed by atoms with van der Waals surface area (Å²) in [5, 5.41) is 7.76. The lowest BCUT2D eigenvalue weighted by atomic mass is 9.95. The summed E-state index contributed by atoms with van der Waals surface area (Å²) in [7, 11) is 0. The van der Waals surface area contributed by atoms with Crippen molar-refractivity contribution in [2.75, 3.05) is 0 Å². The third-order valence-electron chi connectivity index (χ3n) is 2.81. The van der Waals surface area contributed by atoms with E-state index in [0.29, 0.717) is 10.3 Å². The lowest BCUT2D eigenvalue weighted by molar-refractivity contribution is -0.137. The summed E-state index contributed by atoms with van der Waals surface area (Å²) in [5.41, 5.74) is -0.927. The van der Waals surface area contributed by atoms with Gasteiger partial charge in [-0.3, -0.25) is 4.57 Å². The van der Waals surface area contributed by atoms with Gasteiger partial charge >= 0.3 is 6.18 Å². The molecule has 0 bridgehead atoms. The van der Waals surface area contributed by atoms with Crippen molar-refractivity contribution in [1.29, 1.82) is 0 Å². The minimum atomic E-state index is -4.43. The van der Waals surface area contributed by atoms with Gasteiger partial charge in [0.25, 0.3) is 0 Å². The van der Waals surface area contributed by atoms with Crippen LogP contribution >= 0.6 is 27.5 Å². The fourth-order valence-corrected chi connectivity index (χ4v) is 2.46. The topological polar surface area (TPSA) is 30.7 Å². The SMILES string of the molecule is CC(C)(C)c1nnc(Cl)n1-c1cc(C(F)(F)F)ccc1Br. The third kappa shape index (κ3) is 3.23. The number of halogens is 5. The third-order valence-corrected chi connectivity index (χ3v) is 3.72. The largest absolute Gasteiger partial charge is 0.416 e. The molecular formula is C13H12BrClF3N3. The molecule has 2 aromatic rings. The molecule has 21 heavy (non-hydrogen) atoms. The Labute approximate surface area is 133 Å². The second-order valence-corrected chi connectivity index (χ2v) is 6.73. The zero-order valence-electron chi connectivity index (χ0n) is 11.5. The van der Waals surface area contributed by atoms with Gasteiger partial charge in [0.15, 0.2) is 0 Å². The standard InChI is InChI=1S/C13H12BrClF3N3/c1-12(2,3)10-19-20-11(15)21(10)9-6-7(13(16,17)18)4-5-8(9)14/h4-6H,1-3H3. The zero-order valence-corrected chi connectivity index (χ0v) is 13.8. The molecule has 0 aliphatic rings. The summed E-state index contributed by atoms with van der Waals surface area (Å²) in [5.74, 6) is 0.479. The predicted molar refractivity (Wildman–Crippen MR) is 77.8 cm³/mol. The molecule has 0 spiro atoms.